The van der Waals surface area contributed by atoms with Gasteiger partial charge in [0.2, 0.25) is 14.8 Å². The molecule has 0 aliphatic heterocycles. The summed E-state index contributed by atoms with van der Waals surface area (Å²) in [4.78, 5) is 0.482. The first kappa shape index (κ1) is 7.62. The molecule has 0 amide bonds. The summed E-state index contributed by atoms with van der Waals surface area (Å²) in [5, 5.41) is 10.8. The molecule has 12 heavy (non-hydrogen) atoms. The van der Waals surface area contributed by atoms with Crippen LogP contribution in [-0.4, -0.2) is 34.5 Å². The average molecular weight is 204 g/mol. The van der Waals surface area contributed by atoms with Crippen molar-refractivity contribution in [1.29, 1.82) is 0 Å². The first-order valence-corrected chi connectivity index (χ1v) is 5.71. The van der Waals surface area contributed by atoms with Crippen molar-refractivity contribution >= 4 is 26.1 Å². The van der Waals surface area contributed by atoms with Crippen molar-refractivity contribution in [2.45, 2.75) is 5.16 Å². The van der Waals surface area contributed by atoms with E-state index in [1.54, 1.807) is 0 Å². The van der Waals surface area contributed by atoms with Gasteiger partial charge in [-0.25, -0.2) is 8.42 Å². The van der Waals surface area contributed by atoms with Crippen LogP contribution in [-0.2, 0) is 9.84 Å². The monoisotopic (exact) mass is 204 g/mol. The fourth-order valence-electron chi connectivity index (χ4n) is 0.773. The zero-order valence-electron chi connectivity index (χ0n) is 6.00. The minimum Gasteiger partial charge on any atom is -0.221 e. The van der Waals surface area contributed by atoms with Crippen LogP contribution in [0.2, 0.25) is 0 Å². The second-order valence-electron chi connectivity index (χ2n) is 2.19. The Balaban J connectivity index is 2.87. The van der Waals surface area contributed by atoms with Crippen LogP contribution in [0.5, 0.6) is 0 Å². The Bertz CT molecular complexity index is 510. The van der Waals surface area contributed by atoms with E-state index in [4.69, 9.17) is 0 Å². The number of sulfone groups is 1. The number of rotatable bonds is 1. The molecule has 2 heterocycles. The molecule has 0 radical (unpaired) electrons. The molecule has 2 rings (SSSR count). The lowest BCUT2D eigenvalue weighted by molar-refractivity contribution is 0.587. The molecule has 64 valence electrons. The van der Waals surface area contributed by atoms with Crippen LogP contribution < -0.4 is 0 Å². The Hall–Kier alpha value is -1.02. The maximum Gasteiger partial charge on any atom is 0.271 e. The fourth-order valence-corrected chi connectivity index (χ4v) is 2.03. The van der Waals surface area contributed by atoms with Crippen LogP contribution in [0.3, 0.4) is 0 Å². The Morgan fingerprint density at radius 1 is 1.50 bits per heavy atom. The number of nitrogens with zero attached hydrogens (tertiary/aromatic N) is 4. The summed E-state index contributed by atoms with van der Waals surface area (Å²) in [6.45, 7) is 0. The molecular formula is C4H4N4O2S2. The highest BCUT2D eigenvalue weighted by Gasteiger charge is 2.17. The summed E-state index contributed by atoms with van der Waals surface area (Å²) in [5.74, 6) is 0. The summed E-state index contributed by atoms with van der Waals surface area (Å²) >= 11 is 1.24. The molecule has 8 heteroatoms. The minimum absolute atomic E-state index is 0.112. The maximum atomic E-state index is 11.0. The Morgan fingerprint density at radius 3 is 2.92 bits per heavy atom. The lowest BCUT2D eigenvalue weighted by Gasteiger charge is -1.88. The van der Waals surface area contributed by atoms with Gasteiger partial charge in [-0.1, -0.05) is 11.3 Å². The highest BCUT2D eigenvalue weighted by atomic mass is 32.2. The van der Waals surface area contributed by atoms with Gasteiger partial charge < -0.3 is 0 Å². The minimum atomic E-state index is -3.32. The summed E-state index contributed by atoms with van der Waals surface area (Å²) < 4.78 is 23.3. The molecule has 0 aromatic carbocycles. The van der Waals surface area contributed by atoms with Gasteiger partial charge in [0.15, 0.2) is 0 Å². The van der Waals surface area contributed by atoms with Crippen LogP contribution >= 0.6 is 11.3 Å². The Labute approximate surface area is 71.8 Å². The van der Waals surface area contributed by atoms with Crippen LogP contribution in [0.15, 0.2) is 10.7 Å². The van der Waals surface area contributed by atoms with E-state index in [0.717, 1.165) is 6.26 Å². The smallest absolute Gasteiger partial charge is 0.221 e. The van der Waals surface area contributed by atoms with Crippen LogP contribution in [0.4, 0.5) is 0 Å². The first-order chi connectivity index (χ1) is 5.59. The standard InChI is InChI=1S/C4H4N4O2S2/c1-12(9,10)4-7-6-3-8(4)5-2-11-3/h2H,1H3. The maximum absolute atomic E-state index is 11.0. The summed E-state index contributed by atoms with van der Waals surface area (Å²) in [6, 6.07) is 0. The number of hydrogen-bond acceptors (Lipinski definition) is 6. The van der Waals surface area contributed by atoms with Gasteiger partial charge in [0.1, 0.15) is 5.51 Å². The van der Waals surface area contributed by atoms with Crippen LogP contribution in [0, 0.1) is 0 Å². The molecule has 0 atom stereocenters. The first-order valence-electron chi connectivity index (χ1n) is 2.94. The predicted octanol–water partition coefficient (Wildman–Crippen LogP) is -0.411. The summed E-state index contributed by atoms with van der Waals surface area (Å²) in [6.07, 6.45) is 1.07. The zero-order chi connectivity index (χ0) is 8.77. The van der Waals surface area contributed by atoms with E-state index in [0.29, 0.717) is 4.96 Å². The third kappa shape index (κ3) is 0.994. The predicted molar refractivity (Wildman–Crippen MR) is 41.8 cm³/mol. The van der Waals surface area contributed by atoms with Crippen molar-refractivity contribution in [3.63, 3.8) is 0 Å². The molecular weight excluding hydrogens is 200 g/mol. The normalized spacial score (nSPS) is 12.4. The molecule has 0 saturated heterocycles. The zero-order valence-corrected chi connectivity index (χ0v) is 7.63. The van der Waals surface area contributed by atoms with E-state index in [1.165, 1.54) is 21.4 Å². The van der Waals surface area contributed by atoms with Crippen molar-refractivity contribution in [2.24, 2.45) is 0 Å². The Kier molecular flexibility index (Phi) is 1.42. The number of hydrogen-bond donors (Lipinski definition) is 0. The topological polar surface area (TPSA) is 77.2 Å². The highest BCUT2D eigenvalue weighted by Crippen LogP contribution is 2.10. The molecule has 0 saturated carbocycles. The number of aromatic nitrogens is 4. The van der Waals surface area contributed by atoms with E-state index >= 15 is 0 Å². The van der Waals surface area contributed by atoms with Gasteiger partial charge in [0, 0.05) is 6.26 Å². The Morgan fingerprint density at radius 2 is 2.25 bits per heavy atom. The van der Waals surface area contributed by atoms with Gasteiger partial charge in [-0.05, 0) is 0 Å². The van der Waals surface area contributed by atoms with E-state index in [9.17, 15) is 8.42 Å². The molecule has 2 aromatic heterocycles. The quantitative estimate of drug-likeness (QED) is 0.631. The molecule has 0 fully saturated rings. The third-order valence-corrected chi connectivity index (χ3v) is 2.82. The van der Waals surface area contributed by atoms with Crippen molar-refractivity contribution in [3.8, 4) is 0 Å². The highest BCUT2D eigenvalue weighted by molar-refractivity contribution is 7.90. The molecule has 0 aliphatic carbocycles. The van der Waals surface area contributed by atoms with Gasteiger partial charge in [-0.3, -0.25) is 0 Å². The SMILES string of the molecule is CS(=O)(=O)c1nnc2scnn12. The second kappa shape index (κ2) is 2.23. The molecule has 6 nitrogen and oxygen atoms in total. The summed E-state index contributed by atoms with van der Waals surface area (Å²) in [7, 11) is -3.32. The molecule has 0 N–H and O–H groups in total. The number of fused-ring (bicyclic) bond motifs is 1. The third-order valence-electron chi connectivity index (χ3n) is 1.24. The van der Waals surface area contributed by atoms with E-state index in [1.807, 2.05) is 0 Å². The molecule has 2 aromatic rings. The van der Waals surface area contributed by atoms with Gasteiger partial charge in [-0.2, -0.15) is 9.61 Å². The summed E-state index contributed by atoms with van der Waals surface area (Å²) in [5.41, 5.74) is 1.51. The second-order valence-corrected chi connectivity index (χ2v) is 4.91. The van der Waals surface area contributed by atoms with Crippen molar-refractivity contribution < 1.29 is 8.42 Å². The van der Waals surface area contributed by atoms with E-state index in [-0.39, 0.29) is 5.16 Å². The van der Waals surface area contributed by atoms with Gasteiger partial charge in [0.05, 0.1) is 0 Å². The largest absolute Gasteiger partial charge is 0.271 e. The van der Waals surface area contributed by atoms with Crippen LogP contribution in [0.1, 0.15) is 0 Å². The van der Waals surface area contributed by atoms with Crippen molar-refractivity contribution in [2.75, 3.05) is 6.26 Å². The fraction of sp³-hybridized carbons (Fsp3) is 0.250. The van der Waals surface area contributed by atoms with Gasteiger partial charge in [0.25, 0.3) is 5.16 Å². The molecule has 0 bridgehead atoms. The van der Waals surface area contributed by atoms with Gasteiger partial charge in [-0.15, -0.1) is 10.2 Å². The van der Waals surface area contributed by atoms with E-state index in [2.05, 4.69) is 15.3 Å². The van der Waals surface area contributed by atoms with Crippen molar-refractivity contribution in [3.05, 3.63) is 5.51 Å². The van der Waals surface area contributed by atoms with E-state index < -0.39 is 9.84 Å². The van der Waals surface area contributed by atoms with Crippen LogP contribution in [0.25, 0.3) is 4.96 Å². The molecule has 0 spiro atoms. The molecule has 0 unspecified atom stereocenters. The lowest BCUT2D eigenvalue weighted by Crippen LogP contribution is -2.03. The lowest BCUT2D eigenvalue weighted by atomic mass is 11.2. The van der Waals surface area contributed by atoms with Gasteiger partial charge >= 0.3 is 0 Å². The average Bonchev–Trinajstić information content (AvgIpc) is 2.37. The van der Waals surface area contributed by atoms with Crippen molar-refractivity contribution in [1.82, 2.24) is 19.8 Å². The molecule has 0 aliphatic rings.